The van der Waals surface area contributed by atoms with Gasteiger partial charge in [-0.3, -0.25) is 0 Å². The lowest BCUT2D eigenvalue weighted by Crippen LogP contribution is -1.92. The Bertz CT molecular complexity index is 533. The Morgan fingerprint density at radius 3 is 3.00 bits per heavy atom. The fourth-order valence-corrected chi connectivity index (χ4v) is 2.89. The van der Waals surface area contributed by atoms with Crippen LogP contribution in [0.4, 0.5) is 10.8 Å². The summed E-state index contributed by atoms with van der Waals surface area (Å²) in [6, 6.07) is 6.61. The number of aryl methyl sites for hydroxylation is 3. The zero-order valence-electron chi connectivity index (χ0n) is 9.86. The van der Waals surface area contributed by atoms with Crippen molar-refractivity contribution in [1.29, 1.82) is 0 Å². The number of benzene rings is 1. The van der Waals surface area contributed by atoms with Crippen LogP contribution in [-0.2, 0) is 19.3 Å². The molecule has 4 heteroatoms. The van der Waals surface area contributed by atoms with Crippen LogP contribution in [0, 0.1) is 0 Å². The summed E-state index contributed by atoms with van der Waals surface area (Å²) < 4.78 is 4.27. The first-order chi connectivity index (χ1) is 8.35. The number of aromatic nitrogens is 2. The first-order valence-electron chi connectivity index (χ1n) is 6.06. The first-order valence-corrected chi connectivity index (χ1v) is 6.84. The minimum Gasteiger partial charge on any atom is -0.330 e. The van der Waals surface area contributed by atoms with Gasteiger partial charge in [0.2, 0.25) is 5.13 Å². The summed E-state index contributed by atoms with van der Waals surface area (Å²) in [6.07, 6.45) is 4.62. The van der Waals surface area contributed by atoms with Gasteiger partial charge >= 0.3 is 0 Å². The van der Waals surface area contributed by atoms with Gasteiger partial charge in [-0.05, 0) is 42.5 Å². The topological polar surface area (TPSA) is 37.8 Å². The molecule has 2 aromatic rings. The maximum atomic E-state index is 4.41. The van der Waals surface area contributed by atoms with E-state index >= 15 is 0 Å². The van der Waals surface area contributed by atoms with Gasteiger partial charge in [-0.1, -0.05) is 13.0 Å². The van der Waals surface area contributed by atoms with Gasteiger partial charge in [0.25, 0.3) is 0 Å². The second kappa shape index (κ2) is 4.45. The Morgan fingerprint density at radius 2 is 2.18 bits per heavy atom. The number of hydrogen-bond acceptors (Lipinski definition) is 4. The van der Waals surface area contributed by atoms with Crippen LogP contribution in [0.5, 0.6) is 0 Å². The normalized spacial score (nSPS) is 13.7. The molecule has 0 saturated carbocycles. The zero-order valence-corrected chi connectivity index (χ0v) is 10.7. The lowest BCUT2D eigenvalue weighted by atomic mass is 10.1. The van der Waals surface area contributed by atoms with Crippen LogP contribution in [-0.4, -0.2) is 9.36 Å². The quantitative estimate of drug-likeness (QED) is 0.901. The molecule has 1 N–H and O–H groups in total. The van der Waals surface area contributed by atoms with E-state index in [0.29, 0.717) is 0 Å². The molecule has 17 heavy (non-hydrogen) atoms. The fourth-order valence-electron chi connectivity index (χ4n) is 2.22. The molecule has 0 radical (unpaired) electrons. The van der Waals surface area contributed by atoms with Gasteiger partial charge in [0.1, 0.15) is 5.82 Å². The third-order valence-electron chi connectivity index (χ3n) is 3.13. The molecule has 0 amide bonds. The minimum absolute atomic E-state index is 0.889. The molecule has 0 aliphatic heterocycles. The summed E-state index contributed by atoms with van der Waals surface area (Å²) in [7, 11) is 0. The Balaban J connectivity index is 1.80. The van der Waals surface area contributed by atoms with Crippen LogP contribution in [0.15, 0.2) is 18.2 Å². The first kappa shape index (κ1) is 10.7. The molecular formula is C13H15N3S. The zero-order chi connectivity index (χ0) is 11.7. The highest BCUT2D eigenvalue weighted by Crippen LogP contribution is 2.27. The van der Waals surface area contributed by atoms with Crippen molar-refractivity contribution >= 4 is 22.4 Å². The molecule has 1 aromatic heterocycles. The van der Waals surface area contributed by atoms with Crippen LogP contribution >= 0.6 is 11.5 Å². The molecule has 3 rings (SSSR count). The van der Waals surface area contributed by atoms with Crippen molar-refractivity contribution < 1.29 is 0 Å². The average molecular weight is 245 g/mol. The Kier molecular flexibility index (Phi) is 2.81. The van der Waals surface area contributed by atoms with Gasteiger partial charge in [0, 0.05) is 23.6 Å². The van der Waals surface area contributed by atoms with Crippen molar-refractivity contribution in [3.05, 3.63) is 35.2 Å². The van der Waals surface area contributed by atoms with Crippen molar-refractivity contribution in [3.8, 4) is 0 Å². The van der Waals surface area contributed by atoms with E-state index in [1.807, 2.05) is 0 Å². The Morgan fingerprint density at radius 1 is 1.29 bits per heavy atom. The highest BCUT2D eigenvalue weighted by molar-refractivity contribution is 7.09. The van der Waals surface area contributed by atoms with Crippen molar-refractivity contribution in [2.45, 2.75) is 32.6 Å². The smallest absolute Gasteiger partial charge is 0.207 e. The van der Waals surface area contributed by atoms with Gasteiger partial charge in [-0.2, -0.15) is 4.37 Å². The molecule has 88 valence electrons. The van der Waals surface area contributed by atoms with E-state index in [0.717, 1.165) is 23.1 Å². The number of hydrogen-bond donors (Lipinski definition) is 1. The summed E-state index contributed by atoms with van der Waals surface area (Å²) in [4.78, 5) is 4.41. The molecule has 1 aliphatic carbocycles. The van der Waals surface area contributed by atoms with Crippen molar-refractivity contribution in [1.82, 2.24) is 9.36 Å². The highest BCUT2D eigenvalue weighted by Gasteiger charge is 2.11. The summed E-state index contributed by atoms with van der Waals surface area (Å²) >= 11 is 1.43. The van der Waals surface area contributed by atoms with E-state index in [-0.39, 0.29) is 0 Å². The molecule has 0 unspecified atom stereocenters. The SMILES string of the molecule is CCc1nsc(Nc2ccc3c(c2)CCC3)n1. The van der Waals surface area contributed by atoms with Crippen LogP contribution in [0.2, 0.25) is 0 Å². The predicted octanol–water partition coefficient (Wildman–Crippen LogP) is 3.33. The lowest BCUT2D eigenvalue weighted by molar-refractivity contribution is 0.912. The molecule has 1 aliphatic rings. The van der Waals surface area contributed by atoms with Gasteiger partial charge in [0.05, 0.1) is 0 Å². The molecule has 0 spiro atoms. The monoisotopic (exact) mass is 245 g/mol. The highest BCUT2D eigenvalue weighted by atomic mass is 32.1. The van der Waals surface area contributed by atoms with E-state index in [2.05, 4.69) is 39.8 Å². The lowest BCUT2D eigenvalue weighted by Gasteiger charge is -2.05. The second-order valence-electron chi connectivity index (χ2n) is 4.33. The van der Waals surface area contributed by atoms with E-state index in [9.17, 15) is 0 Å². The van der Waals surface area contributed by atoms with Crippen molar-refractivity contribution in [2.24, 2.45) is 0 Å². The van der Waals surface area contributed by atoms with E-state index < -0.39 is 0 Å². The Labute approximate surface area is 105 Å². The summed E-state index contributed by atoms with van der Waals surface area (Å²) in [6.45, 7) is 2.07. The maximum Gasteiger partial charge on any atom is 0.207 e. The number of nitrogens with zero attached hydrogens (tertiary/aromatic N) is 2. The van der Waals surface area contributed by atoms with Gasteiger partial charge in [-0.15, -0.1) is 0 Å². The van der Waals surface area contributed by atoms with Gasteiger partial charge < -0.3 is 5.32 Å². The minimum atomic E-state index is 0.889. The molecule has 1 aromatic carbocycles. The predicted molar refractivity (Wildman–Crippen MR) is 71.0 cm³/mol. The van der Waals surface area contributed by atoms with Crippen LogP contribution in [0.1, 0.15) is 30.3 Å². The summed E-state index contributed by atoms with van der Waals surface area (Å²) in [5.74, 6) is 0.915. The van der Waals surface area contributed by atoms with Crippen LogP contribution in [0.25, 0.3) is 0 Å². The van der Waals surface area contributed by atoms with E-state index in [1.165, 1.54) is 41.9 Å². The van der Waals surface area contributed by atoms with E-state index in [1.54, 1.807) is 0 Å². The van der Waals surface area contributed by atoms with Crippen LogP contribution < -0.4 is 5.32 Å². The molecule has 3 nitrogen and oxygen atoms in total. The largest absolute Gasteiger partial charge is 0.330 e. The van der Waals surface area contributed by atoms with E-state index in [4.69, 9.17) is 0 Å². The Hall–Kier alpha value is -1.42. The molecule has 1 heterocycles. The average Bonchev–Trinajstić information content (AvgIpc) is 2.96. The second-order valence-corrected chi connectivity index (χ2v) is 5.08. The number of anilines is 2. The molecule has 0 atom stereocenters. The third kappa shape index (κ3) is 2.17. The van der Waals surface area contributed by atoms with Crippen LogP contribution in [0.3, 0.4) is 0 Å². The number of fused-ring (bicyclic) bond motifs is 1. The number of rotatable bonds is 3. The van der Waals surface area contributed by atoms with Crippen molar-refractivity contribution in [2.75, 3.05) is 5.32 Å². The third-order valence-corrected chi connectivity index (χ3v) is 3.80. The molecule has 0 fully saturated rings. The van der Waals surface area contributed by atoms with Crippen molar-refractivity contribution in [3.63, 3.8) is 0 Å². The number of nitrogens with one attached hydrogen (secondary N) is 1. The molecule has 0 bridgehead atoms. The standard InChI is InChI=1S/C13H15N3S/c1-2-12-15-13(17-16-12)14-11-7-6-9-4-3-5-10(9)8-11/h6-8H,2-5H2,1H3,(H,14,15,16). The summed E-state index contributed by atoms with van der Waals surface area (Å²) in [5.41, 5.74) is 4.11. The molecule has 0 saturated heterocycles. The van der Waals surface area contributed by atoms with Gasteiger partial charge in [-0.25, -0.2) is 4.98 Å². The summed E-state index contributed by atoms with van der Waals surface area (Å²) in [5, 5.41) is 4.22. The van der Waals surface area contributed by atoms with Gasteiger partial charge in [0.15, 0.2) is 0 Å². The molecular weight excluding hydrogens is 230 g/mol. The maximum absolute atomic E-state index is 4.41. The fraction of sp³-hybridized carbons (Fsp3) is 0.385.